The number of rotatable bonds is 2. The summed E-state index contributed by atoms with van der Waals surface area (Å²) in [6.07, 6.45) is 3.74. The fourth-order valence-corrected chi connectivity index (χ4v) is 0.968. The Morgan fingerprint density at radius 3 is 2.83 bits per heavy atom. The molecular weight excluding hydrogens is 152 g/mol. The first-order valence-electron chi connectivity index (χ1n) is 3.70. The van der Waals surface area contributed by atoms with E-state index in [2.05, 4.69) is 0 Å². The number of aromatic carboxylic acids is 1. The topological polar surface area (TPSA) is 37.3 Å². The Kier molecular flexibility index (Phi) is 2.64. The molecule has 0 radical (unpaired) electrons. The first-order chi connectivity index (χ1) is 5.74. The number of carboxylic acids is 1. The van der Waals surface area contributed by atoms with Gasteiger partial charge in [-0.3, -0.25) is 0 Å². The number of hydrogen-bond donors (Lipinski definition) is 1. The van der Waals surface area contributed by atoms with Gasteiger partial charge < -0.3 is 5.11 Å². The molecule has 0 unspecified atom stereocenters. The average Bonchev–Trinajstić information content (AvgIpc) is 2.05. The number of carbonyl (C=O) groups is 1. The van der Waals surface area contributed by atoms with Crippen molar-refractivity contribution in [3.8, 4) is 0 Å². The Labute approximate surface area is 71.2 Å². The van der Waals surface area contributed by atoms with Crippen molar-refractivity contribution < 1.29 is 9.90 Å². The van der Waals surface area contributed by atoms with Crippen LogP contribution in [0.5, 0.6) is 0 Å². The molecule has 0 aliphatic heterocycles. The molecular formula is C10H10O2. The van der Waals surface area contributed by atoms with Crippen LogP contribution in [0.25, 0.3) is 6.08 Å². The minimum absolute atomic E-state index is 0.325. The maximum atomic E-state index is 10.5. The van der Waals surface area contributed by atoms with E-state index in [-0.39, 0.29) is 0 Å². The third-order valence-corrected chi connectivity index (χ3v) is 1.49. The molecule has 0 atom stereocenters. The van der Waals surface area contributed by atoms with Gasteiger partial charge in [-0.1, -0.05) is 24.3 Å². The highest BCUT2D eigenvalue weighted by molar-refractivity contribution is 5.88. The molecule has 1 aromatic carbocycles. The molecule has 0 fully saturated rings. The van der Waals surface area contributed by atoms with Crippen molar-refractivity contribution in [1.82, 2.24) is 0 Å². The molecule has 0 spiro atoms. The second kappa shape index (κ2) is 3.72. The second-order valence-corrected chi connectivity index (χ2v) is 2.43. The minimum atomic E-state index is -0.888. The van der Waals surface area contributed by atoms with Crippen molar-refractivity contribution >= 4 is 12.0 Å². The van der Waals surface area contributed by atoms with E-state index in [1.54, 1.807) is 18.2 Å². The van der Waals surface area contributed by atoms with E-state index in [0.29, 0.717) is 5.56 Å². The average molecular weight is 162 g/mol. The summed E-state index contributed by atoms with van der Waals surface area (Å²) in [6.45, 7) is 1.90. The number of benzene rings is 1. The maximum absolute atomic E-state index is 10.5. The maximum Gasteiger partial charge on any atom is 0.335 e. The van der Waals surface area contributed by atoms with Gasteiger partial charge in [0.05, 0.1) is 5.56 Å². The number of hydrogen-bond acceptors (Lipinski definition) is 1. The van der Waals surface area contributed by atoms with Gasteiger partial charge in [-0.25, -0.2) is 4.79 Å². The van der Waals surface area contributed by atoms with Crippen LogP contribution in [-0.4, -0.2) is 11.1 Å². The summed E-state index contributed by atoms with van der Waals surface area (Å²) >= 11 is 0. The summed E-state index contributed by atoms with van der Waals surface area (Å²) in [5.41, 5.74) is 1.24. The lowest BCUT2D eigenvalue weighted by molar-refractivity contribution is 0.0697. The molecule has 1 N–H and O–H groups in total. The molecule has 2 heteroatoms. The lowest BCUT2D eigenvalue weighted by Crippen LogP contribution is -1.95. The smallest absolute Gasteiger partial charge is 0.335 e. The van der Waals surface area contributed by atoms with Crippen LogP contribution < -0.4 is 0 Å². The molecule has 0 aliphatic rings. The van der Waals surface area contributed by atoms with Crippen LogP contribution in [0, 0.1) is 0 Å². The SMILES string of the molecule is CC=Cc1cccc(C(=O)O)c1. The molecule has 0 bridgehead atoms. The van der Waals surface area contributed by atoms with Gasteiger partial charge >= 0.3 is 5.97 Å². The summed E-state index contributed by atoms with van der Waals surface area (Å²) in [5.74, 6) is -0.888. The van der Waals surface area contributed by atoms with Crippen LogP contribution >= 0.6 is 0 Å². The fourth-order valence-electron chi connectivity index (χ4n) is 0.968. The van der Waals surface area contributed by atoms with E-state index in [0.717, 1.165) is 5.56 Å². The highest BCUT2D eigenvalue weighted by atomic mass is 16.4. The van der Waals surface area contributed by atoms with Gasteiger partial charge in [-0.05, 0) is 24.6 Å². The molecule has 0 amide bonds. The van der Waals surface area contributed by atoms with E-state index in [1.807, 2.05) is 25.1 Å². The number of carboxylic acid groups (broad SMARTS) is 1. The zero-order valence-corrected chi connectivity index (χ0v) is 6.82. The second-order valence-electron chi connectivity index (χ2n) is 2.43. The van der Waals surface area contributed by atoms with Crippen molar-refractivity contribution in [2.75, 3.05) is 0 Å². The van der Waals surface area contributed by atoms with Crippen molar-refractivity contribution in [2.45, 2.75) is 6.92 Å². The first-order valence-corrected chi connectivity index (χ1v) is 3.70. The van der Waals surface area contributed by atoms with Gasteiger partial charge in [-0.2, -0.15) is 0 Å². The fraction of sp³-hybridized carbons (Fsp3) is 0.100. The van der Waals surface area contributed by atoms with E-state index >= 15 is 0 Å². The van der Waals surface area contributed by atoms with E-state index in [4.69, 9.17) is 5.11 Å². The molecule has 62 valence electrons. The van der Waals surface area contributed by atoms with Gasteiger partial charge in [0.1, 0.15) is 0 Å². The molecule has 0 heterocycles. The van der Waals surface area contributed by atoms with Gasteiger partial charge in [-0.15, -0.1) is 0 Å². The van der Waals surface area contributed by atoms with E-state index in [1.165, 1.54) is 0 Å². The van der Waals surface area contributed by atoms with Gasteiger partial charge in [0.2, 0.25) is 0 Å². The zero-order valence-electron chi connectivity index (χ0n) is 6.82. The third kappa shape index (κ3) is 1.95. The molecule has 1 aromatic rings. The predicted octanol–water partition coefficient (Wildman–Crippen LogP) is 2.42. The van der Waals surface area contributed by atoms with Crippen molar-refractivity contribution in [3.63, 3.8) is 0 Å². The van der Waals surface area contributed by atoms with Crippen LogP contribution in [0.3, 0.4) is 0 Å². The quantitative estimate of drug-likeness (QED) is 0.725. The van der Waals surface area contributed by atoms with Gasteiger partial charge in [0.15, 0.2) is 0 Å². The first kappa shape index (κ1) is 8.53. The minimum Gasteiger partial charge on any atom is -0.478 e. The molecule has 0 saturated heterocycles. The third-order valence-electron chi connectivity index (χ3n) is 1.49. The Hall–Kier alpha value is -1.57. The van der Waals surface area contributed by atoms with Crippen LogP contribution in [0.4, 0.5) is 0 Å². The Balaban J connectivity index is 3.03. The molecule has 0 aromatic heterocycles. The Morgan fingerprint density at radius 1 is 1.50 bits per heavy atom. The highest BCUT2D eigenvalue weighted by Gasteiger charge is 2.00. The van der Waals surface area contributed by atoms with Gasteiger partial charge in [0.25, 0.3) is 0 Å². The van der Waals surface area contributed by atoms with Crippen molar-refractivity contribution in [3.05, 3.63) is 41.5 Å². The monoisotopic (exact) mass is 162 g/mol. The molecule has 0 saturated carbocycles. The van der Waals surface area contributed by atoms with E-state index in [9.17, 15) is 4.79 Å². The lowest BCUT2D eigenvalue weighted by Gasteiger charge is -1.95. The summed E-state index contributed by atoms with van der Waals surface area (Å²) in [5, 5.41) is 8.65. The summed E-state index contributed by atoms with van der Waals surface area (Å²) < 4.78 is 0. The van der Waals surface area contributed by atoms with Crippen LogP contribution in [0.2, 0.25) is 0 Å². The lowest BCUT2D eigenvalue weighted by atomic mass is 10.1. The normalized spacial score (nSPS) is 10.4. The van der Waals surface area contributed by atoms with Crippen LogP contribution in [-0.2, 0) is 0 Å². The van der Waals surface area contributed by atoms with Gasteiger partial charge in [0, 0.05) is 0 Å². The molecule has 0 aliphatic carbocycles. The van der Waals surface area contributed by atoms with Crippen LogP contribution in [0.1, 0.15) is 22.8 Å². The molecule has 1 rings (SSSR count). The van der Waals surface area contributed by atoms with Crippen LogP contribution in [0.15, 0.2) is 30.3 Å². The summed E-state index contributed by atoms with van der Waals surface area (Å²) in [7, 11) is 0. The zero-order chi connectivity index (χ0) is 8.97. The summed E-state index contributed by atoms with van der Waals surface area (Å²) in [6, 6.07) is 6.82. The van der Waals surface area contributed by atoms with Crippen molar-refractivity contribution in [2.24, 2.45) is 0 Å². The number of allylic oxidation sites excluding steroid dienone is 1. The molecule has 12 heavy (non-hydrogen) atoms. The largest absolute Gasteiger partial charge is 0.478 e. The predicted molar refractivity (Wildman–Crippen MR) is 48.1 cm³/mol. The molecule has 2 nitrogen and oxygen atoms in total. The van der Waals surface area contributed by atoms with Crippen molar-refractivity contribution in [1.29, 1.82) is 0 Å². The Bertz CT molecular complexity index is 313. The Morgan fingerprint density at radius 2 is 2.25 bits per heavy atom. The standard InChI is InChI=1S/C10H10O2/c1-2-4-8-5-3-6-9(7-8)10(11)12/h2-7H,1H3,(H,11,12). The summed E-state index contributed by atoms with van der Waals surface area (Å²) in [4.78, 5) is 10.5. The van der Waals surface area contributed by atoms with E-state index < -0.39 is 5.97 Å². The highest BCUT2D eigenvalue weighted by Crippen LogP contribution is 2.06.